The van der Waals surface area contributed by atoms with Gasteiger partial charge in [0, 0.05) is 6.42 Å². The average molecular weight is 232 g/mol. The van der Waals surface area contributed by atoms with Crippen LogP contribution in [0.1, 0.15) is 26.7 Å². The second-order valence-electron chi connectivity index (χ2n) is 4.68. The lowest BCUT2D eigenvalue weighted by Gasteiger charge is -2.21. The van der Waals surface area contributed by atoms with Crippen molar-refractivity contribution in [1.29, 1.82) is 0 Å². The number of aliphatic hydroxyl groups excluding tert-OH is 1. The molecular weight excluding hydrogens is 212 g/mol. The van der Waals surface area contributed by atoms with E-state index >= 15 is 0 Å². The minimum absolute atomic E-state index is 0.162. The fourth-order valence-electron chi connectivity index (χ4n) is 1.97. The van der Waals surface area contributed by atoms with Gasteiger partial charge in [-0.15, -0.1) is 0 Å². The van der Waals surface area contributed by atoms with Crippen LogP contribution in [0.3, 0.4) is 0 Å². The molecule has 2 fully saturated rings. The van der Waals surface area contributed by atoms with Gasteiger partial charge in [0.05, 0.1) is 25.9 Å². The standard InChI is InChI=1S/C11H20O5/c1-11(2)15-7-9(16-11)8(12)3-4-10-13-5-6-14-10/h8-10,12H,3-7H2,1-2H3/t8-,9+/m0/s1. The van der Waals surface area contributed by atoms with Crippen LogP contribution in [0.25, 0.3) is 0 Å². The highest BCUT2D eigenvalue weighted by Gasteiger charge is 2.36. The third kappa shape index (κ3) is 3.15. The Morgan fingerprint density at radius 3 is 2.56 bits per heavy atom. The van der Waals surface area contributed by atoms with Gasteiger partial charge < -0.3 is 24.1 Å². The molecule has 0 aliphatic carbocycles. The number of hydrogen-bond acceptors (Lipinski definition) is 5. The van der Waals surface area contributed by atoms with Gasteiger partial charge >= 0.3 is 0 Å². The maximum atomic E-state index is 9.93. The third-order valence-corrected chi connectivity index (χ3v) is 2.85. The molecule has 0 bridgehead atoms. The van der Waals surface area contributed by atoms with E-state index < -0.39 is 11.9 Å². The molecule has 2 saturated heterocycles. The predicted octanol–water partition coefficient (Wildman–Crippen LogP) is 0.652. The summed E-state index contributed by atoms with van der Waals surface area (Å²) in [5.41, 5.74) is 0. The predicted molar refractivity (Wildman–Crippen MR) is 55.8 cm³/mol. The molecular formula is C11H20O5. The second-order valence-corrected chi connectivity index (χ2v) is 4.68. The van der Waals surface area contributed by atoms with Gasteiger partial charge in [0.2, 0.25) is 0 Å². The highest BCUT2D eigenvalue weighted by Crippen LogP contribution is 2.26. The van der Waals surface area contributed by atoms with E-state index in [1.807, 2.05) is 13.8 Å². The quantitative estimate of drug-likeness (QED) is 0.771. The summed E-state index contributed by atoms with van der Waals surface area (Å²) < 4.78 is 21.6. The van der Waals surface area contributed by atoms with Crippen LogP contribution in [-0.4, -0.2) is 49.2 Å². The van der Waals surface area contributed by atoms with Crippen molar-refractivity contribution in [3.05, 3.63) is 0 Å². The molecule has 2 rings (SSSR count). The SMILES string of the molecule is CC1(C)OC[C@H]([C@@H](O)CCC2OCCO2)O1. The lowest BCUT2D eigenvalue weighted by molar-refractivity contribution is -0.152. The number of aliphatic hydroxyl groups is 1. The Balaban J connectivity index is 1.69. The molecule has 2 aliphatic heterocycles. The Labute approximate surface area is 95.6 Å². The molecule has 2 heterocycles. The average Bonchev–Trinajstić information content (AvgIpc) is 2.83. The van der Waals surface area contributed by atoms with E-state index in [2.05, 4.69) is 0 Å². The lowest BCUT2D eigenvalue weighted by atomic mass is 10.1. The van der Waals surface area contributed by atoms with Crippen LogP contribution in [0.2, 0.25) is 0 Å². The molecule has 0 radical (unpaired) electrons. The molecule has 2 aliphatic rings. The topological polar surface area (TPSA) is 57.2 Å². The van der Waals surface area contributed by atoms with E-state index in [1.165, 1.54) is 0 Å². The van der Waals surface area contributed by atoms with Gasteiger partial charge in [-0.3, -0.25) is 0 Å². The fourth-order valence-corrected chi connectivity index (χ4v) is 1.97. The molecule has 16 heavy (non-hydrogen) atoms. The summed E-state index contributed by atoms with van der Waals surface area (Å²) in [6, 6.07) is 0. The lowest BCUT2D eigenvalue weighted by Crippen LogP contribution is -2.31. The van der Waals surface area contributed by atoms with Crippen LogP contribution in [-0.2, 0) is 18.9 Å². The monoisotopic (exact) mass is 232 g/mol. The van der Waals surface area contributed by atoms with E-state index in [0.29, 0.717) is 32.7 Å². The van der Waals surface area contributed by atoms with Crippen molar-refractivity contribution in [3.8, 4) is 0 Å². The maximum Gasteiger partial charge on any atom is 0.163 e. The van der Waals surface area contributed by atoms with E-state index in [4.69, 9.17) is 18.9 Å². The van der Waals surface area contributed by atoms with Crippen molar-refractivity contribution in [3.63, 3.8) is 0 Å². The highest BCUT2D eigenvalue weighted by atomic mass is 16.7. The summed E-state index contributed by atoms with van der Waals surface area (Å²) in [5.74, 6) is -0.577. The molecule has 1 N–H and O–H groups in total. The highest BCUT2D eigenvalue weighted by molar-refractivity contribution is 4.77. The zero-order valence-corrected chi connectivity index (χ0v) is 9.85. The second kappa shape index (κ2) is 4.98. The third-order valence-electron chi connectivity index (χ3n) is 2.85. The minimum atomic E-state index is -0.577. The van der Waals surface area contributed by atoms with Crippen LogP contribution in [0.15, 0.2) is 0 Å². The van der Waals surface area contributed by atoms with Gasteiger partial charge in [-0.05, 0) is 20.3 Å². The first-order valence-electron chi connectivity index (χ1n) is 5.80. The largest absolute Gasteiger partial charge is 0.390 e. The van der Waals surface area contributed by atoms with Gasteiger partial charge in [0.1, 0.15) is 6.10 Å². The molecule has 0 aromatic carbocycles. The summed E-state index contributed by atoms with van der Waals surface area (Å²) in [5, 5.41) is 9.93. The van der Waals surface area contributed by atoms with Crippen LogP contribution in [0, 0.1) is 0 Å². The van der Waals surface area contributed by atoms with Crippen molar-refractivity contribution in [1.82, 2.24) is 0 Å². The summed E-state index contributed by atoms with van der Waals surface area (Å²) >= 11 is 0. The first-order chi connectivity index (χ1) is 7.57. The molecule has 0 aromatic heterocycles. The Hall–Kier alpha value is -0.200. The number of ether oxygens (including phenoxy) is 4. The van der Waals surface area contributed by atoms with E-state index in [0.717, 1.165) is 0 Å². The van der Waals surface area contributed by atoms with Crippen LogP contribution >= 0.6 is 0 Å². The fraction of sp³-hybridized carbons (Fsp3) is 1.00. The minimum Gasteiger partial charge on any atom is -0.390 e. The first kappa shape index (κ1) is 12.3. The summed E-state index contributed by atoms with van der Waals surface area (Å²) in [6.45, 7) is 5.44. The number of hydrogen-bond donors (Lipinski definition) is 1. The smallest absolute Gasteiger partial charge is 0.163 e. The van der Waals surface area contributed by atoms with Crippen LogP contribution in [0.5, 0.6) is 0 Å². The molecule has 0 amide bonds. The van der Waals surface area contributed by atoms with Gasteiger partial charge in [-0.2, -0.15) is 0 Å². The first-order valence-corrected chi connectivity index (χ1v) is 5.80. The molecule has 94 valence electrons. The van der Waals surface area contributed by atoms with E-state index in [-0.39, 0.29) is 12.4 Å². The van der Waals surface area contributed by atoms with Crippen molar-refractivity contribution in [2.45, 2.75) is 51.0 Å². The maximum absolute atomic E-state index is 9.93. The van der Waals surface area contributed by atoms with Crippen LogP contribution in [0.4, 0.5) is 0 Å². The van der Waals surface area contributed by atoms with Crippen molar-refractivity contribution >= 4 is 0 Å². The molecule has 0 aromatic rings. The van der Waals surface area contributed by atoms with E-state index in [9.17, 15) is 5.11 Å². The molecule has 5 heteroatoms. The zero-order valence-electron chi connectivity index (χ0n) is 9.85. The molecule has 2 atom stereocenters. The van der Waals surface area contributed by atoms with Gasteiger partial charge in [0.25, 0.3) is 0 Å². The molecule has 0 saturated carbocycles. The summed E-state index contributed by atoms with van der Waals surface area (Å²) in [7, 11) is 0. The van der Waals surface area contributed by atoms with Gasteiger partial charge in [-0.25, -0.2) is 0 Å². The zero-order chi connectivity index (χ0) is 11.6. The summed E-state index contributed by atoms with van der Waals surface area (Å²) in [6.07, 6.45) is 0.381. The van der Waals surface area contributed by atoms with Crippen molar-refractivity contribution in [2.24, 2.45) is 0 Å². The van der Waals surface area contributed by atoms with Crippen molar-refractivity contribution < 1.29 is 24.1 Å². The Morgan fingerprint density at radius 1 is 1.31 bits per heavy atom. The molecule has 0 spiro atoms. The van der Waals surface area contributed by atoms with E-state index in [1.54, 1.807) is 0 Å². The summed E-state index contributed by atoms with van der Waals surface area (Å²) in [4.78, 5) is 0. The normalized spacial score (nSPS) is 32.1. The van der Waals surface area contributed by atoms with Gasteiger partial charge in [-0.1, -0.05) is 0 Å². The molecule has 0 unspecified atom stereocenters. The Bertz CT molecular complexity index is 224. The van der Waals surface area contributed by atoms with Gasteiger partial charge in [0.15, 0.2) is 12.1 Å². The number of rotatable bonds is 4. The Morgan fingerprint density at radius 2 is 2.00 bits per heavy atom. The van der Waals surface area contributed by atoms with Crippen molar-refractivity contribution in [2.75, 3.05) is 19.8 Å². The molecule has 5 nitrogen and oxygen atoms in total. The van der Waals surface area contributed by atoms with Crippen LogP contribution < -0.4 is 0 Å². The Kier molecular flexibility index (Phi) is 3.81.